The lowest BCUT2D eigenvalue weighted by atomic mass is 9.83. The van der Waals surface area contributed by atoms with E-state index in [-0.39, 0.29) is 5.82 Å². The maximum atomic E-state index is 15.5. The van der Waals surface area contributed by atoms with Crippen LogP contribution < -0.4 is 4.74 Å². The van der Waals surface area contributed by atoms with Crippen molar-refractivity contribution in [2.24, 2.45) is 0 Å². The molecule has 6 rings (SSSR count). The first-order valence-electron chi connectivity index (χ1n) is 11.7. The summed E-state index contributed by atoms with van der Waals surface area (Å²) in [5, 5.41) is 4.47. The molecule has 168 valence electrons. The van der Waals surface area contributed by atoms with Gasteiger partial charge in [0.25, 0.3) is 0 Å². The summed E-state index contributed by atoms with van der Waals surface area (Å²) in [4.78, 5) is 0. The van der Waals surface area contributed by atoms with Crippen LogP contribution in [0.2, 0.25) is 0 Å². The fourth-order valence-corrected chi connectivity index (χ4v) is 5.01. The lowest BCUT2D eigenvalue weighted by molar-refractivity contribution is 0.416. The van der Waals surface area contributed by atoms with Crippen LogP contribution in [0.1, 0.15) is 0 Å². The number of benzene rings is 6. The molecule has 0 aliphatic rings. The highest BCUT2D eigenvalue weighted by atomic mass is 19.1. The molecule has 2 heteroatoms. The van der Waals surface area contributed by atoms with Crippen LogP contribution in [0.4, 0.5) is 4.39 Å². The average molecular weight is 455 g/mol. The van der Waals surface area contributed by atoms with Crippen LogP contribution in [0.3, 0.4) is 0 Å². The minimum atomic E-state index is -0.249. The molecule has 35 heavy (non-hydrogen) atoms. The number of halogens is 1. The van der Waals surface area contributed by atoms with Gasteiger partial charge in [0.05, 0.1) is 7.11 Å². The minimum Gasteiger partial charge on any atom is -0.496 e. The summed E-state index contributed by atoms with van der Waals surface area (Å²) in [7, 11) is 1.68. The first kappa shape index (κ1) is 21.1. The van der Waals surface area contributed by atoms with Gasteiger partial charge in [-0.2, -0.15) is 0 Å². The molecule has 0 saturated carbocycles. The van der Waals surface area contributed by atoms with Crippen LogP contribution in [0.25, 0.3) is 54.9 Å². The molecular weight excluding hydrogens is 431 g/mol. The van der Waals surface area contributed by atoms with Crippen molar-refractivity contribution in [3.05, 3.63) is 127 Å². The standard InChI is InChI=1S/C33H23FO/c1-35-31-17-9-7-15-28(31)32-26-13-5-4-12-24(26)21-29(33(32)27-14-6-8-16-30(27)34)25-19-18-22-10-2-3-11-23(22)20-25/h2-21H,1H3. The largest absolute Gasteiger partial charge is 0.496 e. The molecule has 0 amide bonds. The van der Waals surface area contributed by atoms with E-state index < -0.39 is 0 Å². The van der Waals surface area contributed by atoms with Gasteiger partial charge in [-0.25, -0.2) is 4.39 Å². The summed E-state index contributed by atoms with van der Waals surface area (Å²) < 4.78 is 21.3. The van der Waals surface area contributed by atoms with Crippen molar-refractivity contribution in [1.82, 2.24) is 0 Å². The smallest absolute Gasteiger partial charge is 0.131 e. The molecule has 0 aliphatic carbocycles. The summed E-state index contributed by atoms with van der Waals surface area (Å²) in [6.07, 6.45) is 0. The Morgan fingerprint density at radius 1 is 0.514 bits per heavy atom. The Hall–Kier alpha value is -4.43. The molecule has 0 aromatic heterocycles. The van der Waals surface area contributed by atoms with E-state index >= 15 is 4.39 Å². The third-order valence-electron chi connectivity index (χ3n) is 6.63. The third-order valence-corrected chi connectivity index (χ3v) is 6.63. The van der Waals surface area contributed by atoms with Crippen molar-refractivity contribution in [2.75, 3.05) is 7.11 Å². The molecule has 0 atom stereocenters. The molecule has 0 N–H and O–H groups in total. The van der Waals surface area contributed by atoms with Crippen LogP contribution >= 0.6 is 0 Å². The zero-order valence-electron chi connectivity index (χ0n) is 19.3. The molecule has 6 aromatic rings. The number of hydrogen-bond acceptors (Lipinski definition) is 1. The van der Waals surface area contributed by atoms with Gasteiger partial charge in [0, 0.05) is 22.3 Å². The van der Waals surface area contributed by atoms with Crippen LogP contribution in [0.5, 0.6) is 5.75 Å². The highest BCUT2D eigenvalue weighted by molar-refractivity contribution is 6.11. The molecule has 0 spiro atoms. The maximum absolute atomic E-state index is 15.5. The van der Waals surface area contributed by atoms with Crippen molar-refractivity contribution in [1.29, 1.82) is 0 Å². The molecule has 1 nitrogen and oxygen atoms in total. The molecule has 0 heterocycles. The first-order valence-corrected chi connectivity index (χ1v) is 11.7. The zero-order valence-corrected chi connectivity index (χ0v) is 19.3. The zero-order chi connectivity index (χ0) is 23.8. The van der Waals surface area contributed by atoms with E-state index in [1.165, 1.54) is 11.5 Å². The van der Waals surface area contributed by atoms with Crippen molar-refractivity contribution >= 4 is 21.5 Å². The number of hydrogen-bond donors (Lipinski definition) is 0. The Balaban J connectivity index is 1.80. The first-order chi connectivity index (χ1) is 17.2. The molecule has 0 unspecified atom stereocenters. The lowest BCUT2D eigenvalue weighted by Gasteiger charge is -2.21. The molecular formula is C33H23FO. The van der Waals surface area contributed by atoms with E-state index in [9.17, 15) is 0 Å². The SMILES string of the molecule is COc1ccccc1-c1c(-c2ccccc2F)c(-c2ccc3ccccc3c2)cc2ccccc12. The van der Waals surface area contributed by atoms with E-state index in [1.54, 1.807) is 13.2 Å². The topological polar surface area (TPSA) is 9.23 Å². The van der Waals surface area contributed by atoms with Crippen molar-refractivity contribution < 1.29 is 9.13 Å². The number of fused-ring (bicyclic) bond motifs is 2. The van der Waals surface area contributed by atoms with Gasteiger partial charge in [0.2, 0.25) is 0 Å². The van der Waals surface area contributed by atoms with Gasteiger partial charge in [-0.3, -0.25) is 0 Å². The number of ether oxygens (including phenoxy) is 1. The Morgan fingerprint density at radius 3 is 1.97 bits per heavy atom. The van der Waals surface area contributed by atoms with E-state index in [2.05, 4.69) is 54.6 Å². The fraction of sp³-hybridized carbons (Fsp3) is 0.0303. The van der Waals surface area contributed by atoms with Crippen LogP contribution in [-0.2, 0) is 0 Å². The molecule has 0 saturated heterocycles. The Morgan fingerprint density at radius 2 is 1.17 bits per heavy atom. The highest BCUT2D eigenvalue weighted by Gasteiger charge is 2.22. The van der Waals surface area contributed by atoms with Crippen LogP contribution in [0, 0.1) is 5.82 Å². The van der Waals surface area contributed by atoms with E-state index in [0.717, 1.165) is 49.7 Å². The van der Waals surface area contributed by atoms with Crippen molar-refractivity contribution in [3.8, 4) is 39.1 Å². The van der Waals surface area contributed by atoms with E-state index in [4.69, 9.17) is 4.74 Å². The second-order valence-electron chi connectivity index (χ2n) is 8.64. The van der Waals surface area contributed by atoms with Crippen LogP contribution in [0.15, 0.2) is 121 Å². The molecule has 0 aliphatic heterocycles. The van der Waals surface area contributed by atoms with Gasteiger partial charge in [0.15, 0.2) is 0 Å². The number of rotatable bonds is 4. The third kappa shape index (κ3) is 3.64. The number of para-hydroxylation sites is 1. The van der Waals surface area contributed by atoms with Crippen molar-refractivity contribution in [3.63, 3.8) is 0 Å². The summed E-state index contributed by atoms with van der Waals surface area (Å²) in [6.45, 7) is 0. The Kier molecular flexibility index (Phi) is 5.27. The lowest BCUT2D eigenvalue weighted by Crippen LogP contribution is -1.97. The second kappa shape index (κ2) is 8.73. The minimum absolute atomic E-state index is 0.249. The Bertz CT molecular complexity index is 1700. The normalized spacial score (nSPS) is 11.1. The summed E-state index contributed by atoms with van der Waals surface area (Å²) in [5.41, 5.74) is 5.37. The molecule has 0 radical (unpaired) electrons. The van der Waals surface area contributed by atoms with Crippen LogP contribution in [-0.4, -0.2) is 7.11 Å². The maximum Gasteiger partial charge on any atom is 0.131 e. The summed E-state index contributed by atoms with van der Waals surface area (Å²) in [6, 6.07) is 40.2. The van der Waals surface area contributed by atoms with Gasteiger partial charge in [-0.05, 0) is 56.9 Å². The van der Waals surface area contributed by atoms with Gasteiger partial charge < -0.3 is 4.74 Å². The number of methoxy groups -OCH3 is 1. The highest BCUT2D eigenvalue weighted by Crippen LogP contribution is 2.47. The second-order valence-corrected chi connectivity index (χ2v) is 8.64. The van der Waals surface area contributed by atoms with E-state index in [0.29, 0.717) is 5.56 Å². The quantitative estimate of drug-likeness (QED) is 0.258. The molecule has 0 bridgehead atoms. The van der Waals surface area contributed by atoms with Gasteiger partial charge in [0.1, 0.15) is 11.6 Å². The fourth-order valence-electron chi connectivity index (χ4n) is 5.01. The Labute approximate surface area is 204 Å². The monoisotopic (exact) mass is 454 g/mol. The predicted molar refractivity (Wildman–Crippen MR) is 144 cm³/mol. The van der Waals surface area contributed by atoms with Gasteiger partial charge in [-0.15, -0.1) is 0 Å². The molecule has 6 aromatic carbocycles. The molecule has 0 fully saturated rings. The summed E-state index contributed by atoms with van der Waals surface area (Å²) >= 11 is 0. The van der Waals surface area contributed by atoms with E-state index in [1.807, 2.05) is 54.6 Å². The average Bonchev–Trinajstić information content (AvgIpc) is 2.92. The predicted octanol–water partition coefficient (Wildman–Crippen LogP) is 9.14. The van der Waals surface area contributed by atoms with Gasteiger partial charge >= 0.3 is 0 Å². The van der Waals surface area contributed by atoms with Gasteiger partial charge in [-0.1, -0.05) is 97.1 Å². The summed E-state index contributed by atoms with van der Waals surface area (Å²) in [5.74, 6) is 0.506. The van der Waals surface area contributed by atoms with Crippen molar-refractivity contribution in [2.45, 2.75) is 0 Å².